The van der Waals surface area contributed by atoms with Crippen LogP contribution in [0.15, 0.2) is 54.6 Å². The minimum absolute atomic E-state index is 0.273. The highest BCUT2D eigenvalue weighted by molar-refractivity contribution is 5.30. The molecule has 2 aromatic carbocycles. The highest BCUT2D eigenvalue weighted by Gasteiger charge is 2.06. The number of rotatable bonds is 6. The molecule has 0 saturated carbocycles. The van der Waals surface area contributed by atoms with E-state index < -0.39 is 6.67 Å². The molecule has 3 heteroatoms. The molecule has 2 nitrogen and oxygen atoms in total. The van der Waals surface area contributed by atoms with Gasteiger partial charge in [-0.3, -0.25) is 4.39 Å². The van der Waals surface area contributed by atoms with Gasteiger partial charge in [0.1, 0.15) is 12.4 Å². The van der Waals surface area contributed by atoms with Crippen LogP contribution in [-0.2, 0) is 6.61 Å². The highest BCUT2D eigenvalue weighted by Crippen LogP contribution is 2.20. The molecule has 0 spiro atoms. The first kappa shape index (κ1) is 13.6. The van der Waals surface area contributed by atoms with Crippen molar-refractivity contribution in [3.63, 3.8) is 0 Å². The molecule has 2 rings (SSSR count). The Kier molecular flexibility index (Phi) is 4.93. The van der Waals surface area contributed by atoms with Crippen LogP contribution >= 0.6 is 0 Å². The van der Waals surface area contributed by atoms with Crippen molar-refractivity contribution in [2.75, 3.05) is 6.67 Å². The number of halogens is 1. The summed E-state index contributed by atoms with van der Waals surface area (Å²) in [7, 11) is 0. The van der Waals surface area contributed by atoms with E-state index in [9.17, 15) is 4.39 Å². The van der Waals surface area contributed by atoms with Crippen molar-refractivity contribution < 1.29 is 9.13 Å². The highest BCUT2D eigenvalue weighted by atomic mass is 19.1. The first-order valence-corrected chi connectivity index (χ1v) is 6.38. The van der Waals surface area contributed by atoms with E-state index in [-0.39, 0.29) is 6.04 Å². The largest absolute Gasteiger partial charge is 0.489 e. The molecule has 0 fully saturated rings. The summed E-state index contributed by atoms with van der Waals surface area (Å²) >= 11 is 0. The van der Waals surface area contributed by atoms with Gasteiger partial charge in [-0.1, -0.05) is 42.5 Å². The van der Waals surface area contributed by atoms with E-state index in [1.54, 1.807) is 0 Å². The molecule has 0 aromatic heterocycles. The fourth-order valence-electron chi connectivity index (χ4n) is 1.86. The molecule has 2 aromatic rings. The van der Waals surface area contributed by atoms with Crippen molar-refractivity contribution in [1.82, 2.24) is 0 Å². The lowest BCUT2D eigenvalue weighted by molar-refractivity contribution is 0.305. The number of hydrogen-bond donors (Lipinski definition) is 1. The number of alkyl halides is 1. The summed E-state index contributed by atoms with van der Waals surface area (Å²) in [6.07, 6.45) is 0.335. The maximum atomic E-state index is 12.3. The molecule has 0 amide bonds. The Morgan fingerprint density at radius 2 is 1.84 bits per heavy atom. The van der Waals surface area contributed by atoms with E-state index in [0.29, 0.717) is 13.0 Å². The molecule has 0 heterocycles. The van der Waals surface area contributed by atoms with Gasteiger partial charge in [0.15, 0.2) is 0 Å². The standard InChI is InChI=1S/C16H18FNO/c17-10-9-16(18)14-7-4-8-15(11-14)19-12-13-5-2-1-3-6-13/h1-8,11,16H,9-10,12,18H2/t16-/m0/s1. The summed E-state index contributed by atoms with van der Waals surface area (Å²) in [5.74, 6) is 0.760. The van der Waals surface area contributed by atoms with Crippen LogP contribution < -0.4 is 10.5 Å². The van der Waals surface area contributed by atoms with Gasteiger partial charge < -0.3 is 10.5 Å². The van der Waals surface area contributed by atoms with Crippen molar-refractivity contribution in [2.45, 2.75) is 19.1 Å². The molecular weight excluding hydrogens is 241 g/mol. The van der Waals surface area contributed by atoms with Crippen molar-refractivity contribution in [1.29, 1.82) is 0 Å². The van der Waals surface area contributed by atoms with Crippen LogP contribution in [0.4, 0.5) is 4.39 Å². The zero-order chi connectivity index (χ0) is 13.5. The van der Waals surface area contributed by atoms with Gasteiger partial charge in [0, 0.05) is 6.04 Å². The summed E-state index contributed by atoms with van der Waals surface area (Å²) < 4.78 is 18.0. The van der Waals surface area contributed by atoms with Gasteiger partial charge in [0.05, 0.1) is 6.67 Å². The molecule has 0 unspecified atom stereocenters. The third kappa shape index (κ3) is 4.07. The molecule has 0 aliphatic carbocycles. The van der Waals surface area contributed by atoms with Gasteiger partial charge in [-0.2, -0.15) is 0 Å². The van der Waals surface area contributed by atoms with E-state index in [0.717, 1.165) is 16.9 Å². The van der Waals surface area contributed by atoms with Crippen LogP contribution in [-0.4, -0.2) is 6.67 Å². The van der Waals surface area contributed by atoms with Crippen LogP contribution in [0.25, 0.3) is 0 Å². The maximum Gasteiger partial charge on any atom is 0.120 e. The Morgan fingerprint density at radius 3 is 2.58 bits per heavy atom. The second kappa shape index (κ2) is 6.90. The molecule has 0 radical (unpaired) electrons. The van der Waals surface area contributed by atoms with E-state index in [2.05, 4.69) is 0 Å². The zero-order valence-corrected chi connectivity index (χ0v) is 10.8. The number of hydrogen-bond acceptors (Lipinski definition) is 2. The van der Waals surface area contributed by atoms with E-state index in [4.69, 9.17) is 10.5 Å². The molecule has 0 aliphatic heterocycles. The average Bonchev–Trinajstić information content (AvgIpc) is 2.47. The molecule has 0 saturated heterocycles. The predicted molar refractivity (Wildman–Crippen MR) is 74.7 cm³/mol. The number of nitrogens with two attached hydrogens (primary N) is 1. The monoisotopic (exact) mass is 259 g/mol. The van der Waals surface area contributed by atoms with Gasteiger partial charge in [0.2, 0.25) is 0 Å². The Bertz CT molecular complexity index is 501. The van der Waals surface area contributed by atoms with E-state index >= 15 is 0 Å². The van der Waals surface area contributed by atoms with Gasteiger partial charge in [-0.05, 0) is 29.7 Å². The minimum atomic E-state index is -0.406. The van der Waals surface area contributed by atoms with Crippen molar-refractivity contribution in [2.24, 2.45) is 5.73 Å². The number of ether oxygens (including phenoxy) is 1. The molecule has 19 heavy (non-hydrogen) atoms. The van der Waals surface area contributed by atoms with Gasteiger partial charge in [-0.25, -0.2) is 0 Å². The summed E-state index contributed by atoms with van der Waals surface area (Å²) in [6, 6.07) is 17.2. The van der Waals surface area contributed by atoms with Crippen molar-refractivity contribution in [3.05, 3.63) is 65.7 Å². The lowest BCUT2D eigenvalue weighted by atomic mass is 10.1. The topological polar surface area (TPSA) is 35.2 Å². The molecule has 0 aliphatic rings. The fourth-order valence-corrected chi connectivity index (χ4v) is 1.86. The molecule has 1 atom stereocenters. The molecule has 2 N–H and O–H groups in total. The Labute approximate surface area is 113 Å². The lowest BCUT2D eigenvalue weighted by Gasteiger charge is -2.12. The zero-order valence-electron chi connectivity index (χ0n) is 10.8. The average molecular weight is 259 g/mol. The van der Waals surface area contributed by atoms with Crippen molar-refractivity contribution >= 4 is 0 Å². The van der Waals surface area contributed by atoms with E-state index in [1.807, 2.05) is 54.6 Å². The molecule has 0 bridgehead atoms. The third-order valence-electron chi connectivity index (χ3n) is 2.95. The van der Waals surface area contributed by atoms with Gasteiger partial charge in [0.25, 0.3) is 0 Å². The van der Waals surface area contributed by atoms with Gasteiger partial charge in [-0.15, -0.1) is 0 Å². The van der Waals surface area contributed by atoms with Crippen LogP contribution in [0.5, 0.6) is 5.75 Å². The summed E-state index contributed by atoms with van der Waals surface area (Å²) in [6.45, 7) is 0.110. The van der Waals surface area contributed by atoms with Crippen LogP contribution in [0.3, 0.4) is 0 Å². The Balaban J connectivity index is 1.99. The SMILES string of the molecule is N[C@@H](CCF)c1cccc(OCc2ccccc2)c1. The normalized spacial score (nSPS) is 12.1. The molecule has 100 valence electrons. The minimum Gasteiger partial charge on any atom is -0.489 e. The Hall–Kier alpha value is -1.87. The fraction of sp³-hybridized carbons (Fsp3) is 0.250. The summed E-state index contributed by atoms with van der Waals surface area (Å²) in [4.78, 5) is 0. The van der Waals surface area contributed by atoms with Crippen LogP contribution in [0, 0.1) is 0 Å². The van der Waals surface area contributed by atoms with Gasteiger partial charge >= 0.3 is 0 Å². The first-order valence-electron chi connectivity index (χ1n) is 6.38. The van der Waals surface area contributed by atoms with Crippen molar-refractivity contribution in [3.8, 4) is 5.75 Å². The van der Waals surface area contributed by atoms with Crippen LogP contribution in [0.2, 0.25) is 0 Å². The maximum absolute atomic E-state index is 12.3. The smallest absolute Gasteiger partial charge is 0.120 e. The summed E-state index contributed by atoms with van der Waals surface area (Å²) in [5.41, 5.74) is 7.90. The quantitative estimate of drug-likeness (QED) is 0.859. The predicted octanol–water partition coefficient (Wildman–Crippen LogP) is 3.63. The second-order valence-electron chi connectivity index (χ2n) is 4.43. The lowest BCUT2D eigenvalue weighted by Crippen LogP contribution is -2.11. The summed E-state index contributed by atoms with van der Waals surface area (Å²) in [5, 5.41) is 0. The number of benzene rings is 2. The Morgan fingerprint density at radius 1 is 1.05 bits per heavy atom. The second-order valence-corrected chi connectivity index (χ2v) is 4.43. The molecular formula is C16H18FNO. The van der Waals surface area contributed by atoms with Crippen LogP contribution in [0.1, 0.15) is 23.6 Å². The third-order valence-corrected chi connectivity index (χ3v) is 2.95. The van der Waals surface area contributed by atoms with E-state index in [1.165, 1.54) is 0 Å². The first-order chi connectivity index (χ1) is 9.29.